The van der Waals surface area contributed by atoms with Crippen LogP contribution >= 0.6 is 0 Å². The van der Waals surface area contributed by atoms with Gasteiger partial charge < -0.3 is 10.5 Å². The molecule has 4 nitrogen and oxygen atoms in total. The van der Waals surface area contributed by atoms with Crippen LogP contribution in [0.15, 0.2) is 30.6 Å². The molecule has 2 N–H and O–H groups in total. The highest BCUT2D eigenvalue weighted by Gasteiger charge is 2.31. The second kappa shape index (κ2) is 5.54. The summed E-state index contributed by atoms with van der Waals surface area (Å²) in [5, 5.41) is 4.02. The molecule has 0 aliphatic heterocycles. The van der Waals surface area contributed by atoms with E-state index in [4.69, 9.17) is 10.5 Å². The fourth-order valence-corrected chi connectivity index (χ4v) is 1.71. The second-order valence-corrected chi connectivity index (χ2v) is 4.16. The number of halogens is 3. The number of nitrogens with zero attached hydrogens (tertiary/aromatic N) is 2. The van der Waals surface area contributed by atoms with Gasteiger partial charge in [-0.1, -0.05) is 0 Å². The molecule has 1 heterocycles. The van der Waals surface area contributed by atoms with Crippen molar-refractivity contribution in [1.82, 2.24) is 9.78 Å². The first-order chi connectivity index (χ1) is 9.44. The molecule has 7 heteroatoms. The summed E-state index contributed by atoms with van der Waals surface area (Å²) < 4.78 is 45.0. The van der Waals surface area contributed by atoms with Gasteiger partial charge in [-0.25, -0.2) is 0 Å². The molecule has 0 aliphatic carbocycles. The summed E-state index contributed by atoms with van der Waals surface area (Å²) in [5.74, 6) is 0.762. The number of ether oxygens (including phenoxy) is 1. The van der Waals surface area contributed by atoms with Crippen LogP contribution < -0.4 is 10.5 Å². The van der Waals surface area contributed by atoms with Gasteiger partial charge in [-0.3, -0.25) is 4.68 Å². The molecule has 1 aromatic heterocycles. The third kappa shape index (κ3) is 3.11. The maximum absolute atomic E-state index is 12.6. The van der Waals surface area contributed by atoms with Crippen molar-refractivity contribution in [2.75, 3.05) is 0 Å². The molecule has 0 saturated heterocycles. The standard InChI is InChI=1S/C13H14F3N3O/c1-2-19-8-11(7-18-19)20-12-4-3-10(13(14,15)16)5-9(12)6-17/h3-5,7-8H,2,6,17H2,1H3. The highest BCUT2D eigenvalue weighted by Crippen LogP contribution is 2.33. The van der Waals surface area contributed by atoms with Crippen molar-refractivity contribution in [3.8, 4) is 11.5 Å². The monoisotopic (exact) mass is 285 g/mol. The Bertz CT molecular complexity index is 593. The van der Waals surface area contributed by atoms with E-state index in [-0.39, 0.29) is 6.54 Å². The van der Waals surface area contributed by atoms with Gasteiger partial charge in [0.15, 0.2) is 5.75 Å². The molecule has 108 valence electrons. The van der Waals surface area contributed by atoms with Gasteiger partial charge in [0.05, 0.1) is 18.0 Å². The van der Waals surface area contributed by atoms with Crippen LogP contribution in [-0.4, -0.2) is 9.78 Å². The first kappa shape index (κ1) is 14.4. The van der Waals surface area contributed by atoms with Crippen LogP contribution in [0.1, 0.15) is 18.1 Å². The number of benzene rings is 1. The number of aryl methyl sites for hydroxylation is 1. The van der Waals surface area contributed by atoms with Gasteiger partial charge in [0.1, 0.15) is 5.75 Å². The molecule has 0 fully saturated rings. The van der Waals surface area contributed by atoms with Crippen molar-refractivity contribution >= 4 is 0 Å². The van der Waals surface area contributed by atoms with E-state index in [0.29, 0.717) is 23.6 Å². The van der Waals surface area contributed by atoms with Crippen LogP contribution in [0.3, 0.4) is 0 Å². The molecule has 0 spiro atoms. The number of rotatable bonds is 4. The molecule has 0 saturated carbocycles. The summed E-state index contributed by atoms with van der Waals surface area (Å²) in [7, 11) is 0. The zero-order valence-electron chi connectivity index (χ0n) is 10.8. The Morgan fingerprint density at radius 3 is 2.65 bits per heavy atom. The third-order valence-electron chi connectivity index (χ3n) is 2.77. The van der Waals surface area contributed by atoms with E-state index in [9.17, 15) is 13.2 Å². The Hall–Kier alpha value is -2.02. The molecular formula is C13H14F3N3O. The van der Waals surface area contributed by atoms with E-state index in [2.05, 4.69) is 5.10 Å². The number of hydrogen-bond donors (Lipinski definition) is 1. The van der Waals surface area contributed by atoms with E-state index in [1.807, 2.05) is 6.92 Å². The summed E-state index contributed by atoms with van der Waals surface area (Å²) in [6.45, 7) is 2.56. The predicted octanol–water partition coefficient (Wildman–Crippen LogP) is 3.17. The first-order valence-electron chi connectivity index (χ1n) is 6.04. The zero-order valence-corrected chi connectivity index (χ0v) is 10.8. The highest BCUT2D eigenvalue weighted by atomic mass is 19.4. The number of aromatic nitrogens is 2. The lowest BCUT2D eigenvalue weighted by molar-refractivity contribution is -0.137. The van der Waals surface area contributed by atoms with E-state index in [0.717, 1.165) is 12.1 Å². The normalized spacial score (nSPS) is 11.7. The van der Waals surface area contributed by atoms with Gasteiger partial charge in [-0.2, -0.15) is 18.3 Å². The fourth-order valence-electron chi connectivity index (χ4n) is 1.71. The lowest BCUT2D eigenvalue weighted by Gasteiger charge is -2.12. The molecule has 0 atom stereocenters. The quantitative estimate of drug-likeness (QED) is 0.938. The summed E-state index contributed by atoms with van der Waals surface area (Å²) in [4.78, 5) is 0. The Morgan fingerprint density at radius 1 is 1.35 bits per heavy atom. The molecule has 0 aliphatic rings. The van der Waals surface area contributed by atoms with Crippen LogP contribution in [-0.2, 0) is 19.3 Å². The molecule has 2 rings (SSSR count). The largest absolute Gasteiger partial charge is 0.454 e. The summed E-state index contributed by atoms with van der Waals surface area (Å²) >= 11 is 0. The summed E-state index contributed by atoms with van der Waals surface area (Å²) in [6.07, 6.45) is -1.23. The van der Waals surface area contributed by atoms with E-state index in [1.165, 1.54) is 12.3 Å². The van der Waals surface area contributed by atoms with Gasteiger partial charge in [-0.05, 0) is 25.1 Å². The number of alkyl halides is 3. The Labute approximate surface area is 114 Å². The lowest BCUT2D eigenvalue weighted by atomic mass is 10.1. The van der Waals surface area contributed by atoms with Crippen molar-refractivity contribution < 1.29 is 17.9 Å². The Balaban J connectivity index is 2.27. The van der Waals surface area contributed by atoms with Gasteiger partial charge in [-0.15, -0.1) is 0 Å². The van der Waals surface area contributed by atoms with Crippen molar-refractivity contribution in [3.05, 3.63) is 41.7 Å². The highest BCUT2D eigenvalue weighted by molar-refractivity contribution is 5.40. The smallest absolute Gasteiger partial charge is 0.416 e. The summed E-state index contributed by atoms with van der Waals surface area (Å²) in [5.41, 5.74) is 5.03. The molecule has 0 bridgehead atoms. The van der Waals surface area contributed by atoms with Gasteiger partial charge in [0.2, 0.25) is 0 Å². The van der Waals surface area contributed by atoms with Crippen LogP contribution in [0, 0.1) is 0 Å². The first-order valence-corrected chi connectivity index (χ1v) is 6.04. The van der Waals surface area contributed by atoms with E-state index >= 15 is 0 Å². The second-order valence-electron chi connectivity index (χ2n) is 4.16. The molecule has 0 radical (unpaired) electrons. The molecule has 0 unspecified atom stereocenters. The molecule has 20 heavy (non-hydrogen) atoms. The van der Waals surface area contributed by atoms with Crippen molar-refractivity contribution in [1.29, 1.82) is 0 Å². The van der Waals surface area contributed by atoms with Crippen LogP contribution in [0.5, 0.6) is 11.5 Å². The van der Waals surface area contributed by atoms with Gasteiger partial charge in [0, 0.05) is 18.7 Å². The van der Waals surface area contributed by atoms with Crippen molar-refractivity contribution in [2.45, 2.75) is 26.2 Å². The average Bonchev–Trinajstić information content (AvgIpc) is 2.85. The Kier molecular flexibility index (Phi) is 3.99. The minimum Gasteiger partial charge on any atom is -0.454 e. The Morgan fingerprint density at radius 2 is 2.10 bits per heavy atom. The minimum absolute atomic E-state index is 0.0405. The molecule has 2 aromatic rings. The summed E-state index contributed by atoms with van der Waals surface area (Å²) in [6, 6.07) is 3.24. The van der Waals surface area contributed by atoms with E-state index < -0.39 is 11.7 Å². The number of nitrogens with two attached hydrogens (primary N) is 1. The van der Waals surface area contributed by atoms with Crippen LogP contribution in [0.2, 0.25) is 0 Å². The van der Waals surface area contributed by atoms with Crippen LogP contribution in [0.25, 0.3) is 0 Å². The van der Waals surface area contributed by atoms with Crippen LogP contribution in [0.4, 0.5) is 13.2 Å². The maximum Gasteiger partial charge on any atom is 0.416 e. The molecular weight excluding hydrogens is 271 g/mol. The maximum atomic E-state index is 12.6. The SMILES string of the molecule is CCn1cc(Oc2ccc(C(F)(F)F)cc2CN)cn1. The van der Waals surface area contributed by atoms with Crippen molar-refractivity contribution in [3.63, 3.8) is 0 Å². The third-order valence-corrected chi connectivity index (χ3v) is 2.77. The molecule has 1 aromatic carbocycles. The topological polar surface area (TPSA) is 53.1 Å². The molecule has 0 amide bonds. The lowest BCUT2D eigenvalue weighted by Crippen LogP contribution is -2.07. The van der Waals surface area contributed by atoms with E-state index in [1.54, 1.807) is 10.9 Å². The average molecular weight is 285 g/mol. The zero-order chi connectivity index (χ0) is 14.8. The number of hydrogen-bond acceptors (Lipinski definition) is 3. The van der Waals surface area contributed by atoms with Crippen molar-refractivity contribution in [2.24, 2.45) is 5.73 Å². The predicted molar refractivity (Wildman–Crippen MR) is 67.3 cm³/mol. The minimum atomic E-state index is -4.39. The van der Waals surface area contributed by atoms with Gasteiger partial charge in [0.25, 0.3) is 0 Å². The fraction of sp³-hybridized carbons (Fsp3) is 0.308. The van der Waals surface area contributed by atoms with Gasteiger partial charge >= 0.3 is 6.18 Å².